The highest BCUT2D eigenvalue weighted by Gasteiger charge is 2.14. The molecule has 1 rings (SSSR count). The standard InChI is InChI=1S/C12H12N4O4S/c13-16-14-8-2-1-3-10-4-6-11(7-5-10)21(19,20)15-9-12(17)18/h4-7,15H,2,8-9H2,(H,17,18). The number of carbonyl (C=O) groups is 1. The highest BCUT2D eigenvalue weighted by molar-refractivity contribution is 7.89. The van der Waals surface area contributed by atoms with Crippen LogP contribution in [0.3, 0.4) is 0 Å². The van der Waals surface area contributed by atoms with Crippen molar-refractivity contribution in [1.29, 1.82) is 0 Å². The van der Waals surface area contributed by atoms with Gasteiger partial charge in [-0.05, 0) is 29.8 Å². The van der Waals surface area contributed by atoms with Gasteiger partial charge in [-0.25, -0.2) is 8.42 Å². The quantitative estimate of drug-likeness (QED) is 0.268. The van der Waals surface area contributed by atoms with E-state index in [9.17, 15) is 13.2 Å². The van der Waals surface area contributed by atoms with Crippen LogP contribution in [-0.2, 0) is 14.8 Å². The lowest BCUT2D eigenvalue weighted by molar-refractivity contribution is -0.135. The normalized spacial score (nSPS) is 10.1. The van der Waals surface area contributed by atoms with Crippen LogP contribution in [0.1, 0.15) is 12.0 Å². The minimum atomic E-state index is -3.84. The van der Waals surface area contributed by atoms with Gasteiger partial charge in [0.1, 0.15) is 6.54 Å². The number of azide groups is 1. The number of hydrogen-bond acceptors (Lipinski definition) is 4. The molecule has 0 atom stereocenters. The van der Waals surface area contributed by atoms with E-state index in [4.69, 9.17) is 10.6 Å². The molecule has 0 unspecified atom stereocenters. The summed E-state index contributed by atoms with van der Waals surface area (Å²) in [5.41, 5.74) is 8.68. The fourth-order valence-electron chi connectivity index (χ4n) is 1.27. The van der Waals surface area contributed by atoms with E-state index in [-0.39, 0.29) is 11.4 Å². The molecule has 0 bridgehead atoms. The maximum atomic E-state index is 11.7. The lowest BCUT2D eigenvalue weighted by Gasteiger charge is -2.04. The molecule has 0 aliphatic carbocycles. The minimum absolute atomic E-state index is 0.0385. The van der Waals surface area contributed by atoms with Crippen LogP contribution in [0.2, 0.25) is 0 Å². The van der Waals surface area contributed by atoms with Gasteiger partial charge in [-0.3, -0.25) is 4.79 Å². The van der Waals surface area contributed by atoms with Crippen molar-refractivity contribution in [2.75, 3.05) is 13.1 Å². The number of aliphatic carboxylic acids is 1. The van der Waals surface area contributed by atoms with Crippen molar-refractivity contribution in [3.05, 3.63) is 40.3 Å². The van der Waals surface area contributed by atoms with Gasteiger partial charge in [0.15, 0.2) is 0 Å². The maximum Gasteiger partial charge on any atom is 0.318 e. The first-order valence-electron chi connectivity index (χ1n) is 5.77. The Morgan fingerprint density at radius 1 is 1.38 bits per heavy atom. The summed E-state index contributed by atoms with van der Waals surface area (Å²) in [4.78, 5) is 12.9. The van der Waals surface area contributed by atoms with Crippen LogP contribution in [-0.4, -0.2) is 32.6 Å². The van der Waals surface area contributed by atoms with Gasteiger partial charge in [-0.15, -0.1) is 0 Å². The molecule has 0 fully saturated rings. The zero-order valence-electron chi connectivity index (χ0n) is 10.9. The third-order valence-corrected chi connectivity index (χ3v) is 3.63. The number of benzene rings is 1. The van der Waals surface area contributed by atoms with E-state index in [2.05, 4.69) is 21.9 Å². The van der Waals surface area contributed by atoms with Gasteiger partial charge in [0.2, 0.25) is 10.0 Å². The lowest BCUT2D eigenvalue weighted by Crippen LogP contribution is -2.29. The molecule has 2 N–H and O–H groups in total. The number of rotatable bonds is 6. The number of hydrogen-bond donors (Lipinski definition) is 2. The van der Waals surface area contributed by atoms with E-state index in [1.54, 1.807) is 0 Å². The second kappa shape index (κ2) is 7.91. The largest absolute Gasteiger partial charge is 0.480 e. The smallest absolute Gasteiger partial charge is 0.318 e. The number of nitrogens with zero attached hydrogens (tertiary/aromatic N) is 3. The van der Waals surface area contributed by atoms with Gasteiger partial charge in [-0.2, -0.15) is 4.72 Å². The van der Waals surface area contributed by atoms with E-state index in [0.29, 0.717) is 12.0 Å². The molecule has 0 saturated heterocycles. The van der Waals surface area contributed by atoms with E-state index in [0.717, 1.165) is 0 Å². The lowest BCUT2D eigenvalue weighted by atomic mass is 10.2. The Balaban J connectivity index is 2.73. The Morgan fingerprint density at radius 2 is 2.05 bits per heavy atom. The van der Waals surface area contributed by atoms with Crippen molar-refractivity contribution in [3.63, 3.8) is 0 Å². The van der Waals surface area contributed by atoms with Crippen LogP contribution in [0.5, 0.6) is 0 Å². The van der Waals surface area contributed by atoms with Crippen LogP contribution in [0, 0.1) is 11.8 Å². The van der Waals surface area contributed by atoms with Gasteiger partial charge >= 0.3 is 5.97 Å². The number of carboxylic acids is 1. The zero-order valence-corrected chi connectivity index (χ0v) is 11.7. The summed E-state index contributed by atoms with van der Waals surface area (Å²) in [6.45, 7) is -0.404. The first-order chi connectivity index (χ1) is 9.95. The molecule has 21 heavy (non-hydrogen) atoms. The molecule has 0 aliphatic rings. The minimum Gasteiger partial charge on any atom is -0.480 e. The molecule has 0 spiro atoms. The Labute approximate surface area is 121 Å². The summed E-state index contributed by atoms with van der Waals surface area (Å²) in [5.74, 6) is 4.30. The molecule has 8 nitrogen and oxygen atoms in total. The van der Waals surface area contributed by atoms with Crippen molar-refractivity contribution in [2.45, 2.75) is 11.3 Å². The van der Waals surface area contributed by atoms with Gasteiger partial charge in [0, 0.05) is 23.4 Å². The van der Waals surface area contributed by atoms with Crippen molar-refractivity contribution in [3.8, 4) is 11.8 Å². The Hall–Kier alpha value is -2.53. The molecule has 0 aromatic heterocycles. The van der Waals surface area contributed by atoms with Crippen molar-refractivity contribution in [2.24, 2.45) is 5.11 Å². The third kappa shape index (κ3) is 5.97. The van der Waals surface area contributed by atoms with Crippen LogP contribution in [0.25, 0.3) is 10.4 Å². The summed E-state index contributed by atoms with van der Waals surface area (Å²) < 4.78 is 25.4. The Morgan fingerprint density at radius 3 is 2.62 bits per heavy atom. The van der Waals surface area contributed by atoms with E-state index in [1.807, 2.05) is 4.72 Å². The van der Waals surface area contributed by atoms with E-state index >= 15 is 0 Å². The number of carboxylic acid groups (broad SMARTS) is 1. The second-order valence-corrected chi connectivity index (χ2v) is 5.52. The van der Waals surface area contributed by atoms with Crippen molar-refractivity contribution >= 4 is 16.0 Å². The summed E-state index contributed by atoms with van der Waals surface area (Å²) in [7, 11) is -3.84. The summed E-state index contributed by atoms with van der Waals surface area (Å²) in [5, 5.41) is 11.8. The Bertz CT molecular complexity index is 710. The van der Waals surface area contributed by atoms with Crippen LogP contribution in [0.15, 0.2) is 34.3 Å². The molecule has 0 heterocycles. The van der Waals surface area contributed by atoms with Gasteiger partial charge < -0.3 is 5.11 Å². The number of nitrogens with one attached hydrogen (secondary N) is 1. The third-order valence-electron chi connectivity index (χ3n) is 2.21. The second-order valence-electron chi connectivity index (χ2n) is 3.75. The van der Waals surface area contributed by atoms with Gasteiger partial charge in [0.25, 0.3) is 0 Å². The van der Waals surface area contributed by atoms with Crippen LogP contribution < -0.4 is 4.72 Å². The average Bonchev–Trinajstić information content (AvgIpc) is 2.46. The monoisotopic (exact) mass is 308 g/mol. The first-order valence-corrected chi connectivity index (χ1v) is 7.25. The molecule has 0 saturated carbocycles. The molecule has 0 aliphatic heterocycles. The van der Waals surface area contributed by atoms with E-state index < -0.39 is 22.5 Å². The molecule has 9 heteroatoms. The van der Waals surface area contributed by atoms with Crippen molar-refractivity contribution < 1.29 is 18.3 Å². The molecule has 1 aromatic carbocycles. The van der Waals surface area contributed by atoms with Gasteiger partial charge in [-0.1, -0.05) is 17.0 Å². The molecule has 0 amide bonds. The summed E-state index contributed by atoms with van der Waals surface area (Å²) in [6.07, 6.45) is 0.407. The molecular formula is C12H12N4O4S. The Kier molecular flexibility index (Phi) is 6.23. The SMILES string of the molecule is [N-]=[N+]=NCCC#Cc1ccc(S(=O)(=O)NCC(=O)O)cc1. The topological polar surface area (TPSA) is 132 Å². The van der Waals surface area contributed by atoms with Crippen LogP contribution >= 0.6 is 0 Å². The van der Waals surface area contributed by atoms with Crippen LogP contribution in [0.4, 0.5) is 0 Å². The summed E-state index contributed by atoms with van der Waals surface area (Å²) in [6, 6.07) is 5.69. The number of sulfonamides is 1. The molecule has 110 valence electrons. The highest BCUT2D eigenvalue weighted by atomic mass is 32.2. The summed E-state index contributed by atoms with van der Waals surface area (Å²) >= 11 is 0. The highest BCUT2D eigenvalue weighted by Crippen LogP contribution is 2.09. The first kappa shape index (κ1) is 16.5. The van der Waals surface area contributed by atoms with E-state index in [1.165, 1.54) is 24.3 Å². The van der Waals surface area contributed by atoms with Gasteiger partial charge in [0.05, 0.1) is 4.90 Å². The molecule has 0 radical (unpaired) electrons. The molecule has 1 aromatic rings. The maximum absolute atomic E-state index is 11.7. The zero-order chi connectivity index (χ0) is 15.7. The van der Waals surface area contributed by atoms with Crippen molar-refractivity contribution in [1.82, 2.24) is 4.72 Å². The fraction of sp³-hybridized carbons (Fsp3) is 0.250. The average molecular weight is 308 g/mol. The fourth-order valence-corrected chi connectivity index (χ4v) is 2.25. The predicted molar refractivity (Wildman–Crippen MR) is 74.8 cm³/mol. The molecular weight excluding hydrogens is 296 g/mol. The predicted octanol–water partition coefficient (Wildman–Crippen LogP) is 1.10.